The lowest BCUT2D eigenvalue weighted by molar-refractivity contribution is -0.112. The number of primary amides is 1. The number of benzene rings is 2. The van der Waals surface area contributed by atoms with Crippen molar-refractivity contribution in [2.45, 2.75) is 0 Å². The molecule has 2 N–H and O–H groups in total. The van der Waals surface area contributed by atoms with Crippen LogP contribution < -0.4 is 5.73 Å². The van der Waals surface area contributed by atoms with Crippen LogP contribution in [0.5, 0.6) is 0 Å². The van der Waals surface area contributed by atoms with Crippen molar-refractivity contribution in [1.29, 1.82) is 0 Å². The fraction of sp³-hybridized carbons (Fsp3) is 0. The summed E-state index contributed by atoms with van der Waals surface area (Å²) >= 11 is 0. The highest BCUT2D eigenvalue weighted by Gasteiger charge is 2.10. The summed E-state index contributed by atoms with van der Waals surface area (Å²) in [5, 5.41) is 0.838. The molecule has 0 saturated carbocycles. The van der Waals surface area contributed by atoms with E-state index in [-0.39, 0.29) is 5.57 Å². The van der Waals surface area contributed by atoms with Gasteiger partial charge in [-0.15, -0.1) is 0 Å². The molecule has 22 heavy (non-hydrogen) atoms. The van der Waals surface area contributed by atoms with Crippen LogP contribution in [0, 0.1) is 11.6 Å². The van der Waals surface area contributed by atoms with Crippen LogP contribution in [-0.4, -0.2) is 10.5 Å². The summed E-state index contributed by atoms with van der Waals surface area (Å²) in [7, 11) is 0. The second kappa shape index (κ2) is 5.11. The minimum absolute atomic E-state index is 0.225. The van der Waals surface area contributed by atoms with Gasteiger partial charge in [-0.2, -0.15) is 0 Å². The molecule has 1 heterocycles. The molecule has 0 saturated heterocycles. The predicted molar refractivity (Wildman–Crippen MR) is 81.4 cm³/mol. The van der Waals surface area contributed by atoms with Gasteiger partial charge in [-0.25, -0.2) is 8.78 Å². The lowest BCUT2D eigenvalue weighted by Gasteiger charge is -2.07. The molecular formula is C17H12F2N2O. The van der Waals surface area contributed by atoms with E-state index < -0.39 is 17.5 Å². The fourth-order valence-electron chi connectivity index (χ4n) is 2.33. The van der Waals surface area contributed by atoms with Crippen LogP contribution in [0.3, 0.4) is 0 Å². The van der Waals surface area contributed by atoms with Crippen LogP contribution in [0.15, 0.2) is 55.2 Å². The van der Waals surface area contributed by atoms with Crippen molar-refractivity contribution in [3.8, 4) is 5.69 Å². The zero-order chi connectivity index (χ0) is 15.9. The molecule has 0 bridgehead atoms. The van der Waals surface area contributed by atoms with Crippen molar-refractivity contribution in [1.82, 2.24) is 4.57 Å². The third-order valence-electron chi connectivity index (χ3n) is 3.52. The van der Waals surface area contributed by atoms with Gasteiger partial charge >= 0.3 is 0 Å². The zero-order valence-electron chi connectivity index (χ0n) is 11.5. The summed E-state index contributed by atoms with van der Waals surface area (Å²) in [6.45, 7) is 3.64. The van der Waals surface area contributed by atoms with E-state index in [0.29, 0.717) is 11.3 Å². The third kappa shape index (κ3) is 2.26. The second-order valence-electron chi connectivity index (χ2n) is 4.90. The standard InChI is InChI=1S/C17H12F2N2O/c1-10(17(20)22)11-2-5-16-12(8-11)6-7-21(16)13-3-4-14(18)15(19)9-13/h2-9H,1H2,(H2,20,22). The smallest absolute Gasteiger partial charge is 0.248 e. The number of nitrogens with two attached hydrogens (primary N) is 1. The van der Waals surface area contributed by atoms with Crippen LogP contribution in [0.25, 0.3) is 22.2 Å². The molecule has 0 fully saturated rings. The Hall–Kier alpha value is -2.95. The Morgan fingerprint density at radius 2 is 1.82 bits per heavy atom. The van der Waals surface area contributed by atoms with Crippen molar-refractivity contribution in [3.05, 3.63) is 72.4 Å². The number of hydrogen-bond donors (Lipinski definition) is 1. The average Bonchev–Trinajstić information content (AvgIpc) is 2.92. The maximum absolute atomic E-state index is 13.4. The van der Waals surface area contributed by atoms with E-state index in [0.717, 1.165) is 23.0 Å². The Kier molecular flexibility index (Phi) is 3.25. The Morgan fingerprint density at radius 1 is 1.05 bits per heavy atom. The molecular weight excluding hydrogens is 286 g/mol. The molecule has 1 amide bonds. The number of halogens is 2. The van der Waals surface area contributed by atoms with Crippen molar-refractivity contribution in [2.24, 2.45) is 5.73 Å². The molecule has 2 aromatic carbocycles. The Balaban J connectivity index is 2.11. The predicted octanol–water partition coefficient (Wildman–Crippen LogP) is 3.41. The van der Waals surface area contributed by atoms with Gasteiger partial charge < -0.3 is 10.3 Å². The van der Waals surface area contributed by atoms with Crippen LogP contribution in [-0.2, 0) is 4.79 Å². The number of aromatic nitrogens is 1. The Bertz CT molecular complexity index is 912. The molecule has 3 nitrogen and oxygen atoms in total. The van der Waals surface area contributed by atoms with Crippen molar-refractivity contribution >= 4 is 22.4 Å². The van der Waals surface area contributed by atoms with Crippen molar-refractivity contribution in [2.75, 3.05) is 0 Å². The lowest BCUT2D eigenvalue weighted by atomic mass is 10.1. The minimum Gasteiger partial charge on any atom is -0.366 e. The third-order valence-corrected chi connectivity index (χ3v) is 3.52. The first-order valence-electron chi connectivity index (χ1n) is 6.53. The van der Waals surface area contributed by atoms with Crippen LogP contribution in [0.4, 0.5) is 8.78 Å². The summed E-state index contributed by atoms with van der Waals surface area (Å²) in [6.07, 6.45) is 1.74. The summed E-state index contributed by atoms with van der Waals surface area (Å²) in [5.41, 5.74) is 7.38. The topological polar surface area (TPSA) is 48.0 Å². The highest BCUT2D eigenvalue weighted by Crippen LogP contribution is 2.25. The molecule has 0 aliphatic rings. The summed E-state index contributed by atoms with van der Waals surface area (Å²) in [4.78, 5) is 11.2. The lowest BCUT2D eigenvalue weighted by Crippen LogP contribution is -2.11. The van der Waals surface area contributed by atoms with E-state index in [1.165, 1.54) is 6.07 Å². The monoisotopic (exact) mass is 298 g/mol. The molecule has 3 aromatic rings. The van der Waals surface area contributed by atoms with E-state index in [4.69, 9.17) is 5.73 Å². The van der Waals surface area contributed by atoms with Gasteiger partial charge in [0.1, 0.15) is 0 Å². The average molecular weight is 298 g/mol. The number of fused-ring (bicyclic) bond motifs is 1. The van der Waals surface area contributed by atoms with Crippen LogP contribution in [0.1, 0.15) is 5.56 Å². The first-order chi connectivity index (χ1) is 10.5. The van der Waals surface area contributed by atoms with E-state index in [1.807, 2.05) is 6.07 Å². The molecule has 1 aromatic heterocycles. The molecule has 0 unspecified atom stereocenters. The largest absolute Gasteiger partial charge is 0.366 e. The van der Waals surface area contributed by atoms with E-state index in [2.05, 4.69) is 6.58 Å². The van der Waals surface area contributed by atoms with Gasteiger partial charge in [-0.3, -0.25) is 4.79 Å². The molecule has 0 aliphatic carbocycles. The van der Waals surface area contributed by atoms with Crippen LogP contribution >= 0.6 is 0 Å². The second-order valence-corrected chi connectivity index (χ2v) is 4.90. The molecule has 0 aliphatic heterocycles. The number of rotatable bonds is 3. The number of amides is 1. The van der Waals surface area contributed by atoms with Gasteiger partial charge in [0.2, 0.25) is 5.91 Å². The molecule has 0 radical (unpaired) electrons. The highest BCUT2D eigenvalue weighted by molar-refractivity contribution is 6.18. The summed E-state index contributed by atoms with van der Waals surface area (Å²) in [5.74, 6) is -2.38. The van der Waals surface area contributed by atoms with Gasteiger partial charge in [-0.1, -0.05) is 12.6 Å². The van der Waals surface area contributed by atoms with Gasteiger partial charge in [0, 0.05) is 28.9 Å². The quantitative estimate of drug-likeness (QED) is 0.740. The minimum atomic E-state index is -0.905. The number of nitrogens with zero attached hydrogens (tertiary/aromatic N) is 1. The molecule has 110 valence electrons. The summed E-state index contributed by atoms with van der Waals surface area (Å²) < 4.78 is 28.1. The van der Waals surface area contributed by atoms with E-state index in [1.54, 1.807) is 29.0 Å². The van der Waals surface area contributed by atoms with Gasteiger partial charge in [-0.05, 0) is 35.9 Å². The van der Waals surface area contributed by atoms with Crippen molar-refractivity contribution < 1.29 is 13.6 Å². The SMILES string of the molecule is C=C(C(N)=O)c1ccc2c(ccn2-c2ccc(F)c(F)c2)c1. The number of carbonyl (C=O) groups excluding carboxylic acids is 1. The molecule has 5 heteroatoms. The number of carbonyl (C=O) groups is 1. The maximum Gasteiger partial charge on any atom is 0.248 e. The summed E-state index contributed by atoms with van der Waals surface area (Å²) in [6, 6.07) is 10.8. The number of hydrogen-bond acceptors (Lipinski definition) is 1. The van der Waals surface area contributed by atoms with E-state index >= 15 is 0 Å². The molecule has 0 spiro atoms. The Morgan fingerprint density at radius 3 is 2.50 bits per heavy atom. The zero-order valence-corrected chi connectivity index (χ0v) is 11.5. The van der Waals surface area contributed by atoms with Crippen molar-refractivity contribution in [3.63, 3.8) is 0 Å². The van der Waals surface area contributed by atoms with Gasteiger partial charge in [0.05, 0.1) is 5.52 Å². The first kappa shape index (κ1) is 14.0. The van der Waals surface area contributed by atoms with E-state index in [9.17, 15) is 13.6 Å². The highest BCUT2D eigenvalue weighted by atomic mass is 19.2. The van der Waals surface area contributed by atoms with Gasteiger partial charge in [0.25, 0.3) is 0 Å². The first-order valence-corrected chi connectivity index (χ1v) is 6.53. The molecule has 0 atom stereocenters. The van der Waals surface area contributed by atoms with Gasteiger partial charge in [0.15, 0.2) is 11.6 Å². The van der Waals surface area contributed by atoms with Crippen LogP contribution in [0.2, 0.25) is 0 Å². The molecule has 3 rings (SSSR count). The maximum atomic E-state index is 13.4. The fourth-order valence-corrected chi connectivity index (χ4v) is 2.33. The Labute approximate surface area is 125 Å². The normalized spacial score (nSPS) is 10.8.